The third-order valence-electron chi connectivity index (χ3n) is 2.69. The number of hydrogen-bond donors (Lipinski definition) is 3. The first-order valence-electron chi connectivity index (χ1n) is 6.16. The van der Waals surface area contributed by atoms with Crippen molar-refractivity contribution >= 4 is 11.6 Å². The molecule has 0 saturated carbocycles. The van der Waals surface area contributed by atoms with Crippen LogP contribution < -0.4 is 10.9 Å². The predicted molar refractivity (Wildman–Crippen MR) is 78.0 cm³/mol. The topological polar surface area (TPSA) is 95.1 Å². The number of aromatic amines is 1. The van der Waals surface area contributed by atoms with Crippen LogP contribution in [0, 0.1) is 18.8 Å². The molecule has 0 fully saturated rings. The van der Waals surface area contributed by atoms with Gasteiger partial charge in [0.15, 0.2) is 0 Å². The maximum atomic E-state index is 11.9. The lowest BCUT2D eigenvalue weighted by molar-refractivity contribution is 0.102. The highest BCUT2D eigenvalue weighted by Gasteiger charge is 2.08. The number of nitrogens with zero attached hydrogens (tertiary/aromatic N) is 1. The molecule has 3 N–H and O–H groups in total. The highest BCUT2D eigenvalue weighted by Crippen LogP contribution is 2.15. The summed E-state index contributed by atoms with van der Waals surface area (Å²) in [6.45, 7) is 1.66. The monoisotopic (exact) mass is 283 g/mol. The van der Waals surface area contributed by atoms with Gasteiger partial charge in [0, 0.05) is 17.4 Å². The predicted octanol–water partition coefficient (Wildman–Crippen LogP) is 0.674. The molecule has 21 heavy (non-hydrogen) atoms. The molecule has 0 atom stereocenters. The summed E-state index contributed by atoms with van der Waals surface area (Å²) in [4.78, 5) is 29.0. The molecule has 0 bridgehead atoms. The summed E-state index contributed by atoms with van der Waals surface area (Å²) >= 11 is 0. The number of rotatable bonds is 2. The van der Waals surface area contributed by atoms with Crippen LogP contribution in [0.1, 0.15) is 21.6 Å². The number of amides is 1. The third-order valence-corrected chi connectivity index (χ3v) is 2.69. The fraction of sp³-hybridized carbons (Fsp3) is 0.133. The van der Waals surface area contributed by atoms with E-state index < -0.39 is 5.91 Å². The van der Waals surface area contributed by atoms with E-state index in [0.29, 0.717) is 5.69 Å². The lowest BCUT2D eigenvalue weighted by Gasteiger charge is -2.06. The van der Waals surface area contributed by atoms with E-state index in [1.54, 1.807) is 18.2 Å². The zero-order chi connectivity index (χ0) is 15.2. The van der Waals surface area contributed by atoms with Gasteiger partial charge in [-0.05, 0) is 30.7 Å². The number of carbonyl (C=O) groups is 1. The highest BCUT2D eigenvalue weighted by molar-refractivity contribution is 6.02. The van der Waals surface area contributed by atoms with Crippen molar-refractivity contribution in [3.8, 4) is 11.8 Å². The Bertz CT molecular complexity index is 764. The number of H-pyrrole nitrogens is 1. The Morgan fingerprint density at radius 1 is 1.48 bits per heavy atom. The Hall–Kier alpha value is -2.91. The quantitative estimate of drug-likeness (QED) is 0.706. The van der Waals surface area contributed by atoms with E-state index in [2.05, 4.69) is 27.1 Å². The fourth-order valence-corrected chi connectivity index (χ4v) is 1.68. The first-order chi connectivity index (χ1) is 10.1. The van der Waals surface area contributed by atoms with Crippen molar-refractivity contribution in [2.45, 2.75) is 6.92 Å². The van der Waals surface area contributed by atoms with Gasteiger partial charge in [0.2, 0.25) is 0 Å². The number of aliphatic hydroxyl groups is 1. The maximum Gasteiger partial charge on any atom is 0.275 e. The van der Waals surface area contributed by atoms with E-state index in [1.807, 2.05) is 6.92 Å². The van der Waals surface area contributed by atoms with Crippen LogP contribution in [-0.2, 0) is 0 Å². The number of nitrogens with one attached hydrogen (secondary N) is 2. The van der Waals surface area contributed by atoms with Crippen molar-refractivity contribution in [3.05, 3.63) is 57.8 Å². The summed E-state index contributed by atoms with van der Waals surface area (Å²) in [7, 11) is 0. The number of carbonyl (C=O) groups excluding carboxylic acids is 1. The lowest BCUT2D eigenvalue weighted by atomic mass is 10.1. The SMILES string of the molecule is Cc1cc(NC(=O)c2c[nH]c(=O)cn2)ccc1C#CCO. The van der Waals surface area contributed by atoms with Crippen molar-refractivity contribution in [1.29, 1.82) is 0 Å². The van der Waals surface area contributed by atoms with Crippen molar-refractivity contribution in [2.75, 3.05) is 11.9 Å². The smallest absolute Gasteiger partial charge is 0.275 e. The second kappa shape index (κ2) is 6.50. The van der Waals surface area contributed by atoms with Crippen LogP contribution in [0.25, 0.3) is 0 Å². The second-order valence-corrected chi connectivity index (χ2v) is 4.24. The number of anilines is 1. The fourth-order valence-electron chi connectivity index (χ4n) is 1.68. The van der Waals surface area contributed by atoms with E-state index in [0.717, 1.165) is 17.3 Å². The molecule has 1 aromatic heterocycles. The summed E-state index contributed by atoms with van der Waals surface area (Å²) in [6, 6.07) is 5.23. The number of benzene rings is 1. The molecule has 2 aromatic rings. The molecule has 6 heteroatoms. The number of hydrogen-bond acceptors (Lipinski definition) is 4. The Morgan fingerprint density at radius 2 is 2.29 bits per heavy atom. The van der Waals surface area contributed by atoms with Gasteiger partial charge in [-0.25, -0.2) is 4.98 Å². The van der Waals surface area contributed by atoms with Gasteiger partial charge in [0.1, 0.15) is 12.3 Å². The van der Waals surface area contributed by atoms with Crippen molar-refractivity contribution in [3.63, 3.8) is 0 Å². The van der Waals surface area contributed by atoms with E-state index in [-0.39, 0.29) is 17.9 Å². The molecule has 6 nitrogen and oxygen atoms in total. The van der Waals surface area contributed by atoms with Crippen molar-refractivity contribution in [1.82, 2.24) is 9.97 Å². The summed E-state index contributed by atoms with van der Waals surface area (Å²) in [5, 5.41) is 11.4. The van der Waals surface area contributed by atoms with Gasteiger partial charge in [-0.3, -0.25) is 9.59 Å². The van der Waals surface area contributed by atoms with Crippen LogP contribution >= 0.6 is 0 Å². The largest absolute Gasteiger partial charge is 0.384 e. The molecule has 0 aliphatic carbocycles. The van der Waals surface area contributed by atoms with E-state index in [4.69, 9.17) is 5.11 Å². The van der Waals surface area contributed by atoms with Gasteiger partial charge < -0.3 is 15.4 Å². The van der Waals surface area contributed by atoms with E-state index in [1.165, 1.54) is 6.20 Å². The summed E-state index contributed by atoms with van der Waals surface area (Å²) in [5.74, 6) is 4.97. The van der Waals surface area contributed by atoms with Crippen molar-refractivity contribution < 1.29 is 9.90 Å². The molecule has 0 unspecified atom stereocenters. The molecule has 0 saturated heterocycles. The van der Waals surface area contributed by atoms with Crippen molar-refractivity contribution in [2.24, 2.45) is 0 Å². The van der Waals surface area contributed by atoms with E-state index >= 15 is 0 Å². The third kappa shape index (κ3) is 3.78. The average Bonchev–Trinajstić information content (AvgIpc) is 2.47. The first-order valence-corrected chi connectivity index (χ1v) is 6.16. The Balaban J connectivity index is 2.16. The molecule has 1 aromatic carbocycles. The van der Waals surface area contributed by atoms with Crippen LogP contribution in [0.5, 0.6) is 0 Å². The summed E-state index contributed by atoms with van der Waals surface area (Å²) < 4.78 is 0. The highest BCUT2D eigenvalue weighted by atomic mass is 16.2. The molecule has 1 heterocycles. The zero-order valence-corrected chi connectivity index (χ0v) is 11.3. The Labute approximate surface area is 120 Å². The van der Waals surface area contributed by atoms with Crippen LogP contribution in [-0.4, -0.2) is 27.6 Å². The summed E-state index contributed by atoms with van der Waals surface area (Å²) in [5.41, 5.74) is 2.01. The molecule has 2 rings (SSSR count). The van der Waals surface area contributed by atoms with Gasteiger partial charge in [0.25, 0.3) is 11.5 Å². The molecular weight excluding hydrogens is 270 g/mol. The van der Waals surface area contributed by atoms with Gasteiger partial charge in [-0.2, -0.15) is 0 Å². The molecule has 0 spiro atoms. The molecule has 0 aliphatic rings. The number of aryl methyl sites for hydroxylation is 1. The maximum absolute atomic E-state index is 11.9. The van der Waals surface area contributed by atoms with Gasteiger partial charge in [0.05, 0.1) is 6.20 Å². The first kappa shape index (κ1) is 14.5. The zero-order valence-electron chi connectivity index (χ0n) is 11.3. The minimum atomic E-state index is -0.417. The Kier molecular flexibility index (Phi) is 4.49. The van der Waals surface area contributed by atoms with E-state index in [9.17, 15) is 9.59 Å². The number of aliphatic hydroxyl groups excluding tert-OH is 1. The Morgan fingerprint density at radius 3 is 2.90 bits per heavy atom. The van der Waals surface area contributed by atoms with Gasteiger partial charge in [-0.15, -0.1) is 0 Å². The van der Waals surface area contributed by atoms with Crippen LogP contribution in [0.4, 0.5) is 5.69 Å². The minimum Gasteiger partial charge on any atom is -0.384 e. The number of aromatic nitrogens is 2. The molecule has 106 valence electrons. The molecule has 1 amide bonds. The lowest BCUT2D eigenvalue weighted by Crippen LogP contribution is -2.17. The molecular formula is C15H13N3O3. The second-order valence-electron chi connectivity index (χ2n) is 4.24. The molecule has 0 radical (unpaired) electrons. The van der Waals surface area contributed by atoms with Crippen LogP contribution in [0.15, 0.2) is 35.4 Å². The minimum absolute atomic E-state index is 0.122. The van der Waals surface area contributed by atoms with Gasteiger partial charge in [-0.1, -0.05) is 11.8 Å². The standard InChI is InChI=1S/C15H13N3O3/c1-10-7-12(5-4-11(10)3-2-6-19)18-15(21)13-8-17-14(20)9-16-13/h4-5,7-9,19H,6H2,1H3,(H,17,20)(H,18,21). The summed E-state index contributed by atoms with van der Waals surface area (Å²) in [6.07, 6.45) is 2.30. The normalized spacial score (nSPS) is 9.62. The van der Waals surface area contributed by atoms with Crippen LogP contribution in [0.2, 0.25) is 0 Å². The molecule has 0 aliphatic heterocycles. The van der Waals surface area contributed by atoms with Crippen LogP contribution in [0.3, 0.4) is 0 Å². The average molecular weight is 283 g/mol. The van der Waals surface area contributed by atoms with Gasteiger partial charge >= 0.3 is 0 Å².